The molecule has 1 aromatic carbocycles. The number of rotatable bonds is 3. The summed E-state index contributed by atoms with van der Waals surface area (Å²) >= 11 is 0. The van der Waals surface area contributed by atoms with Crippen LogP contribution < -0.4 is 5.73 Å². The Bertz CT molecular complexity index is 969. The smallest absolute Gasteiger partial charge is 0.475 e. The highest BCUT2D eigenvalue weighted by molar-refractivity contribution is 5.93. The summed E-state index contributed by atoms with van der Waals surface area (Å²) in [4.78, 5) is 29.1. The van der Waals surface area contributed by atoms with Gasteiger partial charge in [-0.2, -0.15) is 13.2 Å². The standard InChI is InChI=1S/C15H14N4O.C2HF3O2/c1-2-12-14(15(16)20)18-13-8-11(17-9-19(12)13)10-6-4-3-5-7-10;3-2(4,5)1(6)7/h3-9H,2H2,1H3,(H2,16,20);(H,6,7). The van der Waals surface area contributed by atoms with E-state index in [0.717, 1.165) is 17.0 Å². The number of carbonyl (C=O) groups excluding carboxylic acids is 1. The molecule has 0 saturated carbocycles. The van der Waals surface area contributed by atoms with Gasteiger partial charge in [-0.1, -0.05) is 37.3 Å². The maximum atomic E-state index is 11.4. The number of aromatic nitrogens is 3. The quantitative estimate of drug-likeness (QED) is 0.726. The van der Waals surface area contributed by atoms with Crippen LogP contribution in [-0.2, 0) is 11.2 Å². The second-order valence-corrected chi connectivity index (χ2v) is 5.30. The highest BCUT2D eigenvalue weighted by atomic mass is 19.4. The first kappa shape index (κ1) is 19.9. The summed E-state index contributed by atoms with van der Waals surface area (Å²) in [5.41, 5.74) is 8.99. The Morgan fingerprint density at radius 3 is 2.30 bits per heavy atom. The van der Waals surface area contributed by atoms with Gasteiger partial charge in [-0.3, -0.25) is 9.20 Å². The summed E-state index contributed by atoms with van der Waals surface area (Å²) in [6.45, 7) is 1.96. The highest BCUT2D eigenvalue weighted by Gasteiger charge is 2.38. The van der Waals surface area contributed by atoms with Crippen molar-refractivity contribution >= 4 is 17.5 Å². The van der Waals surface area contributed by atoms with Crippen molar-refractivity contribution in [2.45, 2.75) is 19.5 Å². The molecule has 3 N–H and O–H groups in total. The lowest BCUT2D eigenvalue weighted by Crippen LogP contribution is -2.21. The van der Waals surface area contributed by atoms with Crippen LogP contribution in [0.4, 0.5) is 13.2 Å². The number of halogens is 3. The van der Waals surface area contributed by atoms with Crippen molar-refractivity contribution in [1.82, 2.24) is 14.4 Å². The van der Waals surface area contributed by atoms with Gasteiger partial charge in [0.2, 0.25) is 0 Å². The molecule has 3 aromatic rings. The Balaban J connectivity index is 0.000000321. The summed E-state index contributed by atoms with van der Waals surface area (Å²) in [7, 11) is 0. The van der Waals surface area contributed by atoms with Gasteiger partial charge in [0.25, 0.3) is 5.91 Å². The number of carbonyl (C=O) groups is 2. The van der Waals surface area contributed by atoms with Crippen LogP contribution in [-0.4, -0.2) is 37.5 Å². The number of alkyl halides is 3. The second-order valence-electron chi connectivity index (χ2n) is 5.30. The zero-order chi connectivity index (χ0) is 20.2. The lowest BCUT2D eigenvalue weighted by Gasteiger charge is -2.02. The number of imidazole rings is 1. The molecule has 10 heteroatoms. The predicted molar refractivity (Wildman–Crippen MR) is 90.0 cm³/mol. The fourth-order valence-electron chi connectivity index (χ4n) is 2.30. The molecule has 0 saturated heterocycles. The minimum Gasteiger partial charge on any atom is -0.475 e. The topological polar surface area (TPSA) is 111 Å². The van der Waals surface area contributed by atoms with Crippen LogP contribution in [0.15, 0.2) is 42.7 Å². The Labute approximate surface area is 151 Å². The lowest BCUT2D eigenvalue weighted by atomic mass is 10.1. The van der Waals surface area contributed by atoms with Crippen molar-refractivity contribution in [2.24, 2.45) is 5.73 Å². The monoisotopic (exact) mass is 380 g/mol. The van der Waals surface area contributed by atoms with E-state index in [1.807, 2.05) is 47.7 Å². The number of nitrogens with two attached hydrogens (primary N) is 1. The average Bonchev–Trinajstić information content (AvgIpc) is 3.00. The fraction of sp³-hybridized carbons (Fsp3) is 0.176. The molecule has 0 bridgehead atoms. The largest absolute Gasteiger partial charge is 0.490 e. The van der Waals surface area contributed by atoms with E-state index in [0.29, 0.717) is 17.8 Å². The maximum absolute atomic E-state index is 11.4. The van der Waals surface area contributed by atoms with Crippen molar-refractivity contribution in [2.75, 3.05) is 0 Å². The molecular weight excluding hydrogens is 365 g/mol. The number of benzene rings is 1. The molecule has 0 aliphatic carbocycles. The van der Waals surface area contributed by atoms with E-state index in [9.17, 15) is 18.0 Å². The molecule has 0 aliphatic heterocycles. The van der Waals surface area contributed by atoms with Gasteiger partial charge in [0.1, 0.15) is 17.7 Å². The molecule has 7 nitrogen and oxygen atoms in total. The minimum atomic E-state index is -5.08. The van der Waals surface area contributed by atoms with Crippen LogP contribution in [0.1, 0.15) is 23.1 Å². The lowest BCUT2D eigenvalue weighted by molar-refractivity contribution is -0.192. The number of aliphatic carboxylic acids is 1. The first-order valence-corrected chi connectivity index (χ1v) is 7.67. The molecule has 0 unspecified atom stereocenters. The van der Waals surface area contributed by atoms with E-state index in [1.165, 1.54) is 0 Å². The van der Waals surface area contributed by atoms with Gasteiger partial charge in [-0.25, -0.2) is 14.8 Å². The van der Waals surface area contributed by atoms with Crippen molar-refractivity contribution in [3.63, 3.8) is 0 Å². The summed E-state index contributed by atoms with van der Waals surface area (Å²) in [6, 6.07) is 11.7. The number of nitrogens with zero attached hydrogens (tertiary/aromatic N) is 3. The SMILES string of the molecule is CCc1c(C(N)=O)nc2cc(-c3ccccc3)ncn12.O=C(O)C(F)(F)F. The number of amides is 1. The predicted octanol–water partition coefficient (Wildman–Crippen LogP) is 2.69. The van der Waals surface area contributed by atoms with E-state index in [4.69, 9.17) is 15.6 Å². The van der Waals surface area contributed by atoms with Gasteiger partial charge in [0.05, 0.1) is 11.4 Å². The molecule has 2 aromatic heterocycles. The van der Waals surface area contributed by atoms with Crippen molar-refractivity contribution in [3.05, 3.63) is 54.1 Å². The zero-order valence-electron chi connectivity index (χ0n) is 14.1. The van der Waals surface area contributed by atoms with E-state index < -0.39 is 18.1 Å². The summed E-state index contributed by atoms with van der Waals surface area (Å²) < 4.78 is 33.5. The van der Waals surface area contributed by atoms with Gasteiger partial charge in [0.15, 0.2) is 0 Å². The van der Waals surface area contributed by atoms with Crippen LogP contribution in [0, 0.1) is 0 Å². The third kappa shape index (κ3) is 4.60. The Morgan fingerprint density at radius 1 is 1.22 bits per heavy atom. The summed E-state index contributed by atoms with van der Waals surface area (Å²) in [5, 5.41) is 7.12. The van der Waals surface area contributed by atoms with Gasteiger partial charge in [0, 0.05) is 11.6 Å². The van der Waals surface area contributed by atoms with E-state index >= 15 is 0 Å². The number of aryl methyl sites for hydroxylation is 1. The molecule has 142 valence electrons. The van der Waals surface area contributed by atoms with E-state index in [1.54, 1.807) is 6.33 Å². The molecular formula is C17H15F3N4O3. The average molecular weight is 380 g/mol. The zero-order valence-corrected chi connectivity index (χ0v) is 14.1. The van der Waals surface area contributed by atoms with Crippen molar-refractivity contribution in [1.29, 1.82) is 0 Å². The van der Waals surface area contributed by atoms with Crippen LogP contribution in [0.3, 0.4) is 0 Å². The first-order valence-electron chi connectivity index (χ1n) is 7.67. The Morgan fingerprint density at radius 2 is 1.81 bits per heavy atom. The molecule has 27 heavy (non-hydrogen) atoms. The maximum Gasteiger partial charge on any atom is 0.490 e. The van der Waals surface area contributed by atoms with Gasteiger partial charge in [-0.15, -0.1) is 0 Å². The van der Waals surface area contributed by atoms with Gasteiger partial charge < -0.3 is 10.8 Å². The van der Waals surface area contributed by atoms with Gasteiger partial charge in [-0.05, 0) is 6.42 Å². The van der Waals surface area contributed by atoms with Crippen LogP contribution in [0.5, 0.6) is 0 Å². The molecule has 2 heterocycles. The number of carboxylic acids is 1. The molecule has 0 spiro atoms. The number of hydrogen-bond acceptors (Lipinski definition) is 4. The van der Waals surface area contributed by atoms with Crippen LogP contribution in [0.2, 0.25) is 0 Å². The molecule has 0 aliphatic rings. The summed E-state index contributed by atoms with van der Waals surface area (Å²) in [5.74, 6) is -3.26. The third-order valence-electron chi connectivity index (χ3n) is 3.50. The van der Waals surface area contributed by atoms with Crippen molar-refractivity contribution < 1.29 is 27.9 Å². The molecule has 3 rings (SSSR count). The third-order valence-corrected chi connectivity index (χ3v) is 3.50. The number of hydrogen-bond donors (Lipinski definition) is 2. The van der Waals surface area contributed by atoms with Crippen LogP contribution in [0.25, 0.3) is 16.9 Å². The molecule has 0 radical (unpaired) electrons. The highest BCUT2D eigenvalue weighted by Crippen LogP contribution is 2.20. The Kier molecular flexibility index (Phi) is 5.78. The number of fused-ring (bicyclic) bond motifs is 1. The minimum absolute atomic E-state index is 0.319. The number of carboxylic acid groups (broad SMARTS) is 1. The molecule has 0 atom stereocenters. The fourth-order valence-corrected chi connectivity index (χ4v) is 2.30. The number of primary amides is 1. The van der Waals surface area contributed by atoms with Crippen LogP contribution >= 0.6 is 0 Å². The summed E-state index contributed by atoms with van der Waals surface area (Å²) in [6.07, 6.45) is -2.72. The molecule has 1 amide bonds. The first-order chi connectivity index (χ1) is 12.6. The van der Waals surface area contributed by atoms with Gasteiger partial charge >= 0.3 is 12.1 Å². The molecule has 0 fully saturated rings. The van der Waals surface area contributed by atoms with Crippen molar-refractivity contribution in [3.8, 4) is 11.3 Å². The normalized spacial score (nSPS) is 11.0. The Hall–Kier alpha value is -3.43. The van der Waals surface area contributed by atoms with E-state index in [2.05, 4.69) is 9.97 Å². The second kappa shape index (κ2) is 7.85. The van der Waals surface area contributed by atoms with E-state index in [-0.39, 0.29) is 0 Å².